The Balaban J connectivity index is 0.00000156. The summed E-state index contributed by atoms with van der Waals surface area (Å²) in [6, 6.07) is 7.10. The smallest absolute Gasteiger partial charge is 0.744 e. The Kier molecular flexibility index (Phi) is 48.6. The van der Waals surface area contributed by atoms with Crippen molar-refractivity contribution in [2.24, 2.45) is 0 Å². The first-order valence-corrected chi connectivity index (χ1v) is 32.9. The number of rotatable bonds is 46. The van der Waals surface area contributed by atoms with Crippen LogP contribution in [0.5, 0.6) is 0 Å². The van der Waals surface area contributed by atoms with E-state index in [0.717, 1.165) is 141 Å². The van der Waals surface area contributed by atoms with Gasteiger partial charge in [0.1, 0.15) is 20.2 Å². The quantitative estimate of drug-likeness (QED) is 0.0150. The standard InChI is InChI=1S/2C32H50O7S.Ca/c2*1-3-5-7-9-11-13-15-17-19-21-26-38-31(33)28-24-23-25-29(40(35,36)37)30(28)32(34)39-27-22-20-18-16-14-12-10-8-6-4-2;/h2*9-12,23-25H,3-8,13-22,26-27H2,1-2H3,(H,35,36,37);/q;;+2/p-2/b2*11-9+,12-10+;. The molecule has 2 aromatic rings. The molecule has 0 unspecified atom stereocenters. The number of ether oxygens (including phenoxy) is 4. The SMILES string of the molecule is CCCC/C=C/CCCCCCOC(=O)c1cccc(S(=O)(=O)[O-])c1C(=O)OCCCCCC/C=C/CCCC.CCCC/C=C/CCCCCCOC(=O)c1cccc(S(=O)(=O)[O-])c1C(=O)OCCCCCC/C=C/CCCC.[Ca+2]. The van der Waals surface area contributed by atoms with Gasteiger partial charge in [0, 0.05) is 0 Å². The maximum absolute atomic E-state index is 12.8. The van der Waals surface area contributed by atoms with Gasteiger partial charge in [-0.1, -0.05) is 191 Å². The maximum atomic E-state index is 12.8. The second-order valence-electron chi connectivity index (χ2n) is 20.1. The normalized spacial score (nSPS) is 11.7. The molecule has 2 aromatic carbocycles. The molecule has 0 amide bonds. The van der Waals surface area contributed by atoms with Gasteiger partial charge in [-0.25, -0.2) is 36.0 Å². The van der Waals surface area contributed by atoms with E-state index < -0.39 is 65.0 Å². The van der Waals surface area contributed by atoms with Crippen LogP contribution in [0.2, 0.25) is 0 Å². The minimum atomic E-state index is -5.00. The summed E-state index contributed by atoms with van der Waals surface area (Å²) in [5, 5.41) is 0. The first-order chi connectivity index (χ1) is 38.6. The van der Waals surface area contributed by atoms with Crippen molar-refractivity contribution in [1.29, 1.82) is 0 Å². The Labute approximate surface area is 518 Å². The summed E-state index contributed by atoms with van der Waals surface area (Å²) in [7, 11) is -10.0. The molecular weight excluding hydrogens is 1100 g/mol. The van der Waals surface area contributed by atoms with Crippen molar-refractivity contribution < 1.29 is 64.1 Å². The van der Waals surface area contributed by atoms with Crippen molar-refractivity contribution in [1.82, 2.24) is 0 Å². The first kappa shape index (κ1) is 77.4. The molecule has 81 heavy (non-hydrogen) atoms. The summed E-state index contributed by atoms with van der Waals surface area (Å²) in [4.78, 5) is 49.5. The van der Waals surface area contributed by atoms with Gasteiger partial charge in [-0.3, -0.25) is 0 Å². The third-order valence-corrected chi connectivity index (χ3v) is 14.8. The van der Waals surface area contributed by atoms with E-state index in [2.05, 4.69) is 76.3 Å². The molecule has 0 N–H and O–H groups in total. The van der Waals surface area contributed by atoms with Crippen LogP contribution >= 0.6 is 0 Å². The van der Waals surface area contributed by atoms with Crippen LogP contribution in [0, 0.1) is 0 Å². The molecule has 0 heterocycles. The number of carbonyl (C=O) groups is 4. The summed E-state index contributed by atoms with van der Waals surface area (Å²) in [5.74, 6) is -3.70. The predicted octanol–water partition coefficient (Wildman–Crippen LogP) is 16.2. The Bertz CT molecular complexity index is 2200. The summed E-state index contributed by atoms with van der Waals surface area (Å²) >= 11 is 0. The van der Waals surface area contributed by atoms with Crippen LogP contribution < -0.4 is 0 Å². The van der Waals surface area contributed by atoms with Gasteiger partial charge < -0.3 is 28.1 Å². The minimum Gasteiger partial charge on any atom is -0.744 e. The zero-order valence-electron chi connectivity index (χ0n) is 49.8. The van der Waals surface area contributed by atoms with Crippen LogP contribution in [0.1, 0.15) is 275 Å². The fourth-order valence-electron chi connectivity index (χ4n) is 8.30. The number of benzene rings is 2. The number of unbranched alkanes of at least 4 members (excludes halogenated alkanes) is 24. The molecule has 17 heteroatoms. The fraction of sp³-hybridized carbons (Fsp3) is 0.625. The van der Waals surface area contributed by atoms with Crippen LogP contribution in [-0.4, -0.2) is 114 Å². The zero-order chi connectivity index (χ0) is 59.0. The van der Waals surface area contributed by atoms with Gasteiger partial charge in [-0.05, 0) is 127 Å². The van der Waals surface area contributed by atoms with E-state index >= 15 is 0 Å². The third kappa shape index (κ3) is 38.8. The van der Waals surface area contributed by atoms with E-state index in [1.165, 1.54) is 75.6 Å². The Morgan fingerprint density at radius 3 is 0.802 bits per heavy atom. The average Bonchev–Trinajstić information content (AvgIpc) is 3.45. The van der Waals surface area contributed by atoms with E-state index in [1.807, 2.05) is 0 Å². The molecule has 0 atom stereocenters. The van der Waals surface area contributed by atoms with E-state index in [0.29, 0.717) is 25.7 Å². The van der Waals surface area contributed by atoms with E-state index in [4.69, 9.17) is 18.9 Å². The molecule has 0 saturated heterocycles. The van der Waals surface area contributed by atoms with Crippen LogP contribution in [0.25, 0.3) is 0 Å². The second-order valence-corrected chi connectivity index (χ2v) is 22.8. The van der Waals surface area contributed by atoms with E-state index in [-0.39, 0.29) is 75.3 Å². The minimum absolute atomic E-state index is 0. The van der Waals surface area contributed by atoms with Crippen LogP contribution in [0.4, 0.5) is 0 Å². The first-order valence-electron chi connectivity index (χ1n) is 30.1. The molecule has 0 saturated carbocycles. The van der Waals surface area contributed by atoms with Gasteiger partial charge in [0.2, 0.25) is 0 Å². The summed E-state index contributed by atoms with van der Waals surface area (Å²) < 4.78 is 92.1. The Hall–Kier alpha value is -3.64. The van der Waals surface area contributed by atoms with Crippen LogP contribution in [0.3, 0.4) is 0 Å². The molecule has 452 valence electrons. The van der Waals surface area contributed by atoms with Crippen molar-refractivity contribution >= 4 is 81.9 Å². The monoisotopic (exact) mass is 1190 g/mol. The van der Waals surface area contributed by atoms with Gasteiger partial charge in [0.25, 0.3) is 0 Å². The summed E-state index contributed by atoms with van der Waals surface area (Å²) in [6.07, 6.45) is 50.0. The molecule has 0 spiro atoms. The van der Waals surface area contributed by atoms with Crippen molar-refractivity contribution in [2.75, 3.05) is 26.4 Å². The van der Waals surface area contributed by atoms with Gasteiger partial charge in [-0.2, -0.15) is 0 Å². The van der Waals surface area contributed by atoms with Crippen molar-refractivity contribution in [2.45, 2.75) is 243 Å². The zero-order valence-corrected chi connectivity index (χ0v) is 53.6. The molecule has 0 aromatic heterocycles. The topological polar surface area (TPSA) is 220 Å². The molecule has 0 bridgehead atoms. The van der Waals surface area contributed by atoms with E-state index in [1.54, 1.807) is 0 Å². The predicted molar refractivity (Wildman–Crippen MR) is 323 cm³/mol. The molecule has 0 aliphatic carbocycles. The van der Waals surface area contributed by atoms with Crippen molar-refractivity contribution in [3.63, 3.8) is 0 Å². The number of esters is 4. The van der Waals surface area contributed by atoms with Gasteiger partial charge >= 0.3 is 61.6 Å². The average molecular weight is 1200 g/mol. The van der Waals surface area contributed by atoms with Gasteiger partial charge in [0.15, 0.2) is 0 Å². The van der Waals surface area contributed by atoms with Crippen molar-refractivity contribution in [3.8, 4) is 0 Å². The Morgan fingerprint density at radius 1 is 0.346 bits per heavy atom. The van der Waals surface area contributed by atoms with Gasteiger partial charge in [0.05, 0.1) is 58.5 Å². The van der Waals surface area contributed by atoms with Crippen LogP contribution in [0.15, 0.2) is 94.8 Å². The number of hydrogen-bond acceptors (Lipinski definition) is 14. The molecule has 2 rings (SSSR count). The van der Waals surface area contributed by atoms with Crippen molar-refractivity contribution in [3.05, 3.63) is 107 Å². The number of allylic oxidation sites excluding steroid dienone is 8. The largest absolute Gasteiger partial charge is 2.00 e. The molecular formula is C64H98CaO14S2. The number of carbonyl (C=O) groups excluding carboxylic acids is 4. The summed E-state index contributed by atoms with van der Waals surface area (Å²) in [5.41, 5.74) is -1.63. The summed E-state index contributed by atoms with van der Waals surface area (Å²) in [6.45, 7) is 9.11. The third-order valence-electron chi connectivity index (χ3n) is 13.0. The van der Waals surface area contributed by atoms with Gasteiger partial charge in [-0.15, -0.1) is 0 Å². The number of hydrogen-bond donors (Lipinski definition) is 0. The van der Waals surface area contributed by atoms with E-state index in [9.17, 15) is 45.1 Å². The second kappa shape index (κ2) is 50.8. The maximum Gasteiger partial charge on any atom is 2.00 e. The fourth-order valence-corrected chi connectivity index (χ4v) is 9.68. The molecule has 0 radical (unpaired) electrons. The molecule has 14 nitrogen and oxygen atoms in total. The Morgan fingerprint density at radius 2 is 0.568 bits per heavy atom. The molecule has 0 aliphatic heterocycles. The molecule has 0 aliphatic rings. The molecule has 0 fully saturated rings. The van der Waals surface area contributed by atoms with Crippen LogP contribution in [-0.2, 0) is 39.2 Å².